The third kappa shape index (κ3) is 5.06. The van der Waals surface area contributed by atoms with Crippen molar-refractivity contribution in [3.63, 3.8) is 0 Å². The molecule has 3 amide bonds. The Balaban J connectivity index is 1.29. The Labute approximate surface area is 223 Å². The number of likely N-dealkylation sites (tertiary alicyclic amines) is 1. The van der Waals surface area contributed by atoms with E-state index in [4.69, 9.17) is 0 Å². The van der Waals surface area contributed by atoms with Crippen LogP contribution in [0.2, 0.25) is 0 Å². The normalized spacial score (nSPS) is 22.2. The highest BCUT2D eigenvalue weighted by Gasteiger charge is 2.47. The molecule has 0 spiro atoms. The van der Waals surface area contributed by atoms with Gasteiger partial charge in [-0.05, 0) is 69.3 Å². The topological polar surface area (TPSA) is 81.8 Å². The Kier molecular flexibility index (Phi) is 7.52. The highest BCUT2D eigenvalue weighted by atomic mass is 19.1. The van der Waals surface area contributed by atoms with Crippen molar-refractivity contribution in [2.45, 2.75) is 63.5 Å². The van der Waals surface area contributed by atoms with Gasteiger partial charge in [-0.25, -0.2) is 4.39 Å². The van der Waals surface area contributed by atoms with Crippen molar-refractivity contribution >= 4 is 23.4 Å². The van der Waals surface area contributed by atoms with Crippen LogP contribution in [0, 0.1) is 11.7 Å². The predicted octanol–water partition coefficient (Wildman–Crippen LogP) is 3.17. The first-order valence-corrected chi connectivity index (χ1v) is 13.7. The molecule has 202 valence electrons. The molecule has 2 aromatic rings. The third-order valence-electron chi connectivity index (χ3n) is 8.40. The molecule has 0 bridgehead atoms. The van der Waals surface area contributed by atoms with Crippen LogP contribution in [-0.4, -0.2) is 60.9 Å². The van der Waals surface area contributed by atoms with E-state index in [1.807, 2.05) is 43.0 Å². The van der Waals surface area contributed by atoms with Crippen LogP contribution in [0.5, 0.6) is 0 Å². The van der Waals surface area contributed by atoms with Gasteiger partial charge in [-0.3, -0.25) is 14.4 Å². The van der Waals surface area contributed by atoms with Crippen LogP contribution < -0.4 is 15.5 Å². The molecule has 2 saturated heterocycles. The maximum atomic E-state index is 14.5. The van der Waals surface area contributed by atoms with E-state index in [0.717, 1.165) is 30.6 Å². The fraction of sp³-hybridized carbons (Fsp3) is 0.500. The minimum Gasteiger partial charge on any atom is -0.344 e. The number of carbonyl (C=O) groups is 3. The van der Waals surface area contributed by atoms with Crippen molar-refractivity contribution in [2.24, 2.45) is 5.92 Å². The monoisotopic (exact) mass is 520 g/mol. The number of para-hydroxylation sites is 1. The zero-order valence-corrected chi connectivity index (χ0v) is 22.2. The molecule has 0 aliphatic carbocycles. The van der Waals surface area contributed by atoms with E-state index < -0.39 is 11.5 Å². The molecule has 7 nitrogen and oxygen atoms in total. The van der Waals surface area contributed by atoms with Gasteiger partial charge in [-0.1, -0.05) is 36.4 Å². The molecule has 2 fully saturated rings. The lowest BCUT2D eigenvalue weighted by atomic mass is 9.86. The van der Waals surface area contributed by atoms with Gasteiger partial charge in [-0.15, -0.1) is 0 Å². The molecular formula is C30H37FN4O3. The summed E-state index contributed by atoms with van der Waals surface area (Å²) in [4.78, 5) is 43.8. The molecule has 2 aromatic carbocycles. The molecule has 5 rings (SSSR count). The number of piperidine rings is 2. The quantitative estimate of drug-likeness (QED) is 0.613. The summed E-state index contributed by atoms with van der Waals surface area (Å²) in [6.07, 6.45) is 3.08. The van der Waals surface area contributed by atoms with Gasteiger partial charge in [0, 0.05) is 37.8 Å². The van der Waals surface area contributed by atoms with Crippen LogP contribution >= 0.6 is 0 Å². The van der Waals surface area contributed by atoms with Crippen molar-refractivity contribution in [1.29, 1.82) is 0 Å². The van der Waals surface area contributed by atoms with Crippen LogP contribution in [0.3, 0.4) is 0 Å². The van der Waals surface area contributed by atoms with Crippen molar-refractivity contribution in [3.05, 3.63) is 65.5 Å². The minimum absolute atomic E-state index is 0.00222. The summed E-state index contributed by atoms with van der Waals surface area (Å²) < 4.78 is 14.5. The third-order valence-corrected chi connectivity index (χ3v) is 8.40. The van der Waals surface area contributed by atoms with Crippen molar-refractivity contribution in [2.75, 3.05) is 31.1 Å². The van der Waals surface area contributed by atoms with E-state index in [1.165, 1.54) is 6.07 Å². The fourth-order valence-electron chi connectivity index (χ4n) is 6.11. The summed E-state index contributed by atoms with van der Waals surface area (Å²) in [6.45, 7) is 6.35. The molecule has 0 saturated carbocycles. The molecule has 3 aliphatic heterocycles. The minimum atomic E-state index is -0.842. The van der Waals surface area contributed by atoms with Gasteiger partial charge < -0.3 is 20.4 Å². The van der Waals surface area contributed by atoms with Crippen LogP contribution in [-0.2, 0) is 26.2 Å². The van der Waals surface area contributed by atoms with Crippen LogP contribution in [0.1, 0.15) is 50.7 Å². The molecule has 3 heterocycles. The Morgan fingerprint density at radius 3 is 2.50 bits per heavy atom. The second-order valence-electron chi connectivity index (χ2n) is 11.3. The van der Waals surface area contributed by atoms with Gasteiger partial charge in [0.25, 0.3) is 0 Å². The Morgan fingerprint density at radius 1 is 1.08 bits per heavy atom. The number of nitrogens with one attached hydrogen (secondary N) is 2. The molecular weight excluding hydrogens is 483 g/mol. The summed E-state index contributed by atoms with van der Waals surface area (Å²) in [5.74, 6) is -0.851. The zero-order valence-electron chi connectivity index (χ0n) is 22.2. The summed E-state index contributed by atoms with van der Waals surface area (Å²) in [5.41, 5.74) is 1.82. The van der Waals surface area contributed by atoms with Crippen LogP contribution in [0.4, 0.5) is 10.1 Å². The second kappa shape index (κ2) is 10.8. The SMILES string of the molecule is CC1(C)C(=O)N(C2CCN(C(=O)C(Cc3ccccc3F)NC(=O)C3CCCNC3)CC2)c2ccccc21. The molecule has 2 unspecified atom stereocenters. The summed E-state index contributed by atoms with van der Waals surface area (Å²) in [7, 11) is 0. The van der Waals surface area contributed by atoms with Crippen LogP contribution in [0.15, 0.2) is 48.5 Å². The largest absolute Gasteiger partial charge is 0.344 e. The van der Waals surface area contributed by atoms with Crippen molar-refractivity contribution < 1.29 is 18.8 Å². The van der Waals surface area contributed by atoms with E-state index in [9.17, 15) is 18.8 Å². The lowest BCUT2D eigenvalue weighted by Gasteiger charge is -2.39. The number of halogens is 1. The number of nitrogens with zero attached hydrogens (tertiary/aromatic N) is 2. The summed E-state index contributed by atoms with van der Waals surface area (Å²) >= 11 is 0. The molecule has 2 atom stereocenters. The summed E-state index contributed by atoms with van der Waals surface area (Å²) in [6, 6.07) is 13.5. The number of hydrogen-bond acceptors (Lipinski definition) is 4. The molecule has 3 aliphatic rings. The van der Waals surface area contributed by atoms with E-state index in [1.54, 1.807) is 23.1 Å². The fourth-order valence-corrected chi connectivity index (χ4v) is 6.11. The number of fused-ring (bicyclic) bond motifs is 1. The molecule has 0 aromatic heterocycles. The van der Waals surface area contributed by atoms with Gasteiger partial charge in [0.15, 0.2) is 0 Å². The first-order chi connectivity index (χ1) is 18.3. The van der Waals surface area contributed by atoms with E-state index in [-0.39, 0.29) is 41.9 Å². The van der Waals surface area contributed by atoms with Gasteiger partial charge >= 0.3 is 0 Å². The number of hydrogen-bond donors (Lipinski definition) is 2. The van der Waals surface area contributed by atoms with E-state index in [0.29, 0.717) is 38.0 Å². The average molecular weight is 521 g/mol. The maximum Gasteiger partial charge on any atom is 0.245 e. The first-order valence-electron chi connectivity index (χ1n) is 13.7. The number of amides is 3. The lowest BCUT2D eigenvalue weighted by molar-refractivity contribution is -0.138. The number of anilines is 1. The smallest absolute Gasteiger partial charge is 0.245 e. The highest BCUT2D eigenvalue weighted by Crippen LogP contribution is 2.43. The van der Waals surface area contributed by atoms with Gasteiger partial charge in [0.05, 0.1) is 11.3 Å². The van der Waals surface area contributed by atoms with E-state index >= 15 is 0 Å². The first kappa shape index (κ1) is 26.4. The average Bonchev–Trinajstić information content (AvgIpc) is 3.14. The highest BCUT2D eigenvalue weighted by molar-refractivity contribution is 6.08. The van der Waals surface area contributed by atoms with Crippen LogP contribution in [0.25, 0.3) is 0 Å². The summed E-state index contributed by atoms with van der Waals surface area (Å²) in [5, 5.41) is 6.20. The lowest BCUT2D eigenvalue weighted by Crippen LogP contribution is -2.56. The van der Waals surface area contributed by atoms with E-state index in [2.05, 4.69) is 10.6 Å². The Hall–Kier alpha value is -3.26. The number of rotatable bonds is 6. The van der Waals surface area contributed by atoms with Crippen molar-refractivity contribution in [3.8, 4) is 0 Å². The maximum absolute atomic E-state index is 14.5. The number of carbonyl (C=O) groups excluding carboxylic acids is 3. The Morgan fingerprint density at radius 2 is 1.79 bits per heavy atom. The zero-order chi connectivity index (χ0) is 26.9. The predicted molar refractivity (Wildman–Crippen MR) is 144 cm³/mol. The molecule has 0 radical (unpaired) electrons. The van der Waals surface area contributed by atoms with Gasteiger partial charge in [0.1, 0.15) is 11.9 Å². The molecule has 8 heteroatoms. The standard InChI is InChI=1S/C30H37FN4O3/c1-30(2)23-10-4-6-12-26(23)35(29(30)38)22-13-16-34(17-14-22)28(37)25(18-20-8-3-5-11-24(20)31)33-27(36)21-9-7-15-32-19-21/h3-6,8,10-12,21-22,25,32H,7,9,13-19H2,1-2H3,(H,33,36). The van der Waals surface area contributed by atoms with Gasteiger partial charge in [0.2, 0.25) is 17.7 Å². The molecule has 2 N–H and O–H groups in total. The van der Waals surface area contributed by atoms with Crippen molar-refractivity contribution in [1.82, 2.24) is 15.5 Å². The van der Waals surface area contributed by atoms with Gasteiger partial charge in [-0.2, -0.15) is 0 Å². The Bertz CT molecular complexity index is 1200. The molecule has 38 heavy (non-hydrogen) atoms. The number of benzene rings is 2. The second-order valence-corrected chi connectivity index (χ2v) is 11.3.